The maximum absolute atomic E-state index is 9.37. The molecule has 3 heteroatoms. The lowest BCUT2D eigenvalue weighted by atomic mass is 9.92. The molecule has 0 saturated heterocycles. The smallest absolute Gasteiger partial charge is 0.133 e. The highest BCUT2D eigenvalue weighted by Crippen LogP contribution is 2.27. The number of aliphatic hydroxyl groups excluding tert-OH is 1. The summed E-state index contributed by atoms with van der Waals surface area (Å²) in [4.78, 5) is 0. The fraction of sp³-hybridized carbons (Fsp3) is 0.571. The lowest BCUT2D eigenvalue weighted by molar-refractivity contribution is 0.205. The van der Waals surface area contributed by atoms with Gasteiger partial charge >= 0.3 is 0 Å². The van der Waals surface area contributed by atoms with Crippen LogP contribution in [-0.4, -0.2) is 18.8 Å². The molecule has 0 aliphatic carbocycles. The fourth-order valence-electron chi connectivity index (χ4n) is 2.06. The normalized spacial score (nSPS) is 12.8. The van der Waals surface area contributed by atoms with E-state index in [0.717, 1.165) is 23.1 Å². The summed E-state index contributed by atoms with van der Waals surface area (Å²) in [5.74, 6) is 1.81. The van der Waals surface area contributed by atoms with E-state index in [9.17, 15) is 5.11 Å². The van der Waals surface area contributed by atoms with E-state index in [0.29, 0.717) is 11.8 Å². The van der Waals surface area contributed by atoms with Gasteiger partial charge < -0.3 is 9.84 Å². The van der Waals surface area contributed by atoms with Gasteiger partial charge in [0.2, 0.25) is 0 Å². The van der Waals surface area contributed by atoms with E-state index in [1.807, 2.05) is 6.07 Å². The summed E-state index contributed by atoms with van der Waals surface area (Å²) in [6.45, 7) is 4.63. The molecule has 1 atom stereocenters. The number of halogens is 1. The highest BCUT2D eigenvalue weighted by atomic mass is 79.9. The lowest BCUT2D eigenvalue weighted by Crippen LogP contribution is -2.12. The van der Waals surface area contributed by atoms with Crippen molar-refractivity contribution in [3.8, 4) is 5.75 Å². The average molecular weight is 301 g/mol. The van der Waals surface area contributed by atoms with E-state index in [2.05, 4.69) is 41.9 Å². The molecular formula is C14H21BrO2. The first-order valence-electron chi connectivity index (χ1n) is 6.00. The van der Waals surface area contributed by atoms with Gasteiger partial charge in [0.25, 0.3) is 0 Å². The van der Waals surface area contributed by atoms with Crippen molar-refractivity contribution in [3.05, 3.63) is 28.2 Å². The molecular weight excluding hydrogens is 280 g/mol. The van der Waals surface area contributed by atoms with Gasteiger partial charge in [-0.1, -0.05) is 19.9 Å². The molecule has 96 valence electrons. The lowest BCUT2D eigenvalue weighted by Gasteiger charge is -2.17. The number of methoxy groups -OCH3 is 1. The van der Waals surface area contributed by atoms with Crippen LogP contribution in [0.3, 0.4) is 0 Å². The molecule has 0 heterocycles. The topological polar surface area (TPSA) is 29.5 Å². The monoisotopic (exact) mass is 300 g/mol. The largest absolute Gasteiger partial charge is 0.496 e. The molecule has 0 amide bonds. The van der Waals surface area contributed by atoms with Gasteiger partial charge in [-0.15, -0.1) is 0 Å². The summed E-state index contributed by atoms with van der Waals surface area (Å²) in [5.41, 5.74) is 1.23. The molecule has 0 fully saturated rings. The molecule has 1 unspecified atom stereocenters. The van der Waals surface area contributed by atoms with E-state index in [1.54, 1.807) is 7.11 Å². The Labute approximate surface area is 112 Å². The third-order valence-corrected chi connectivity index (χ3v) is 3.42. The maximum atomic E-state index is 9.37. The third-order valence-electron chi connectivity index (χ3n) is 2.80. The fourth-order valence-corrected chi connectivity index (χ4v) is 2.65. The first kappa shape index (κ1) is 14.5. The quantitative estimate of drug-likeness (QED) is 0.869. The Hall–Kier alpha value is -0.540. The molecule has 0 aliphatic rings. The van der Waals surface area contributed by atoms with Crippen molar-refractivity contribution in [2.75, 3.05) is 13.7 Å². The number of benzene rings is 1. The number of aliphatic hydroxyl groups is 1. The minimum absolute atomic E-state index is 0.252. The zero-order valence-electron chi connectivity index (χ0n) is 10.7. The minimum atomic E-state index is 0.252. The molecule has 1 rings (SSSR count). The van der Waals surface area contributed by atoms with E-state index in [-0.39, 0.29) is 6.61 Å². The van der Waals surface area contributed by atoms with Crippen molar-refractivity contribution in [1.82, 2.24) is 0 Å². The van der Waals surface area contributed by atoms with Gasteiger partial charge in [-0.2, -0.15) is 0 Å². The van der Waals surface area contributed by atoms with Gasteiger partial charge in [0, 0.05) is 6.61 Å². The predicted octanol–water partition coefficient (Wildman–Crippen LogP) is 3.65. The van der Waals surface area contributed by atoms with Crippen molar-refractivity contribution in [3.63, 3.8) is 0 Å². The van der Waals surface area contributed by atoms with Crippen LogP contribution in [0.4, 0.5) is 0 Å². The summed E-state index contributed by atoms with van der Waals surface area (Å²) in [6, 6.07) is 6.09. The second kappa shape index (κ2) is 7.02. The van der Waals surface area contributed by atoms with E-state index >= 15 is 0 Å². The molecule has 0 aromatic heterocycles. The van der Waals surface area contributed by atoms with Crippen LogP contribution in [0.5, 0.6) is 5.75 Å². The zero-order chi connectivity index (χ0) is 12.8. The Morgan fingerprint density at radius 1 is 1.35 bits per heavy atom. The Kier molecular flexibility index (Phi) is 6.00. The molecule has 0 bridgehead atoms. The molecule has 17 heavy (non-hydrogen) atoms. The second-order valence-electron chi connectivity index (χ2n) is 4.85. The summed E-state index contributed by atoms with van der Waals surface area (Å²) in [5, 5.41) is 9.37. The van der Waals surface area contributed by atoms with Crippen LogP contribution < -0.4 is 4.74 Å². The number of hydrogen-bond acceptors (Lipinski definition) is 2. The summed E-state index contributed by atoms with van der Waals surface area (Å²) < 4.78 is 6.17. The van der Waals surface area contributed by atoms with Crippen LogP contribution in [0.2, 0.25) is 0 Å². The number of rotatable bonds is 6. The van der Waals surface area contributed by atoms with Crippen molar-refractivity contribution in [2.45, 2.75) is 26.7 Å². The first-order chi connectivity index (χ1) is 8.06. The van der Waals surface area contributed by atoms with Gasteiger partial charge in [-0.05, 0) is 58.3 Å². The molecule has 0 aliphatic heterocycles. The number of hydrogen-bond donors (Lipinski definition) is 1. The van der Waals surface area contributed by atoms with Crippen LogP contribution in [0, 0.1) is 11.8 Å². The average Bonchev–Trinajstić information content (AvgIpc) is 2.27. The van der Waals surface area contributed by atoms with Gasteiger partial charge in [-0.25, -0.2) is 0 Å². The van der Waals surface area contributed by atoms with Crippen LogP contribution in [0.1, 0.15) is 25.8 Å². The van der Waals surface area contributed by atoms with Crippen molar-refractivity contribution < 1.29 is 9.84 Å². The Bertz CT molecular complexity index is 350. The molecule has 1 aromatic rings. The second-order valence-corrected chi connectivity index (χ2v) is 5.71. The summed E-state index contributed by atoms with van der Waals surface area (Å²) in [7, 11) is 1.66. The Balaban J connectivity index is 2.69. The molecule has 1 aromatic carbocycles. The maximum Gasteiger partial charge on any atom is 0.133 e. The molecule has 0 radical (unpaired) electrons. The molecule has 1 N–H and O–H groups in total. The van der Waals surface area contributed by atoms with Gasteiger partial charge in [-0.3, -0.25) is 0 Å². The van der Waals surface area contributed by atoms with Crippen molar-refractivity contribution in [1.29, 1.82) is 0 Å². The van der Waals surface area contributed by atoms with Gasteiger partial charge in [0.05, 0.1) is 11.6 Å². The highest BCUT2D eigenvalue weighted by Gasteiger charge is 2.11. The predicted molar refractivity (Wildman–Crippen MR) is 74.4 cm³/mol. The van der Waals surface area contributed by atoms with Gasteiger partial charge in [0.1, 0.15) is 5.75 Å². The third kappa shape index (κ3) is 4.68. The van der Waals surface area contributed by atoms with E-state index in [4.69, 9.17) is 4.74 Å². The Morgan fingerprint density at radius 2 is 2.06 bits per heavy atom. The zero-order valence-corrected chi connectivity index (χ0v) is 12.3. The van der Waals surface area contributed by atoms with Crippen molar-refractivity contribution in [2.24, 2.45) is 11.8 Å². The number of ether oxygens (including phenoxy) is 1. The van der Waals surface area contributed by atoms with Crippen LogP contribution in [0.15, 0.2) is 22.7 Å². The SMILES string of the molecule is COc1ccc(CC(CO)CC(C)C)cc1Br. The van der Waals surface area contributed by atoms with Crippen molar-refractivity contribution >= 4 is 15.9 Å². The minimum Gasteiger partial charge on any atom is -0.496 e. The standard InChI is InChI=1S/C14H21BrO2/c1-10(2)6-12(9-16)7-11-4-5-14(17-3)13(15)8-11/h4-5,8,10,12,16H,6-7,9H2,1-3H3. The van der Waals surface area contributed by atoms with E-state index in [1.165, 1.54) is 5.56 Å². The summed E-state index contributed by atoms with van der Waals surface area (Å²) >= 11 is 3.48. The Morgan fingerprint density at radius 3 is 2.53 bits per heavy atom. The van der Waals surface area contributed by atoms with Crippen LogP contribution in [-0.2, 0) is 6.42 Å². The van der Waals surface area contributed by atoms with Crippen LogP contribution in [0.25, 0.3) is 0 Å². The molecule has 0 saturated carbocycles. The van der Waals surface area contributed by atoms with Gasteiger partial charge in [0.15, 0.2) is 0 Å². The summed E-state index contributed by atoms with van der Waals surface area (Å²) in [6.07, 6.45) is 1.97. The highest BCUT2D eigenvalue weighted by molar-refractivity contribution is 9.10. The molecule has 0 spiro atoms. The first-order valence-corrected chi connectivity index (χ1v) is 6.79. The van der Waals surface area contributed by atoms with Crippen LogP contribution >= 0.6 is 15.9 Å². The van der Waals surface area contributed by atoms with E-state index < -0.39 is 0 Å². The molecule has 2 nitrogen and oxygen atoms in total.